The molecule has 0 aliphatic carbocycles. The fraction of sp³-hybridized carbons (Fsp3) is 0.500. The number of aliphatic hydroxyl groups excluding tert-OH is 1. The van der Waals surface area contributed by atoms with Gasteiger partial charge in [-0.2, -0.15) is 0 Å². The summed E-state index contributed by atoms with van der Waals surface area (Å²) in [6, 6.07) is 5.20. The minimum atomic E-state index is -0.605. The van der Waals surface area contributed by atoms with Crippen molar-refractivity contribution in [2.24, 2.45) is 0 Å². The zero-order valence-corrected chi connectivity index (χ0v) is 10.5. The fourth-order valence-electron chi connectivity index (χ4n) is 1.25. The first-order chi connectivity index (χ1) is 7.54. The SMILES string of the molecule is COC(C)COc1ccc(Cl)cc1C(C)O. The molecule has 4 heteroatoms. The number of hydrogen-bond donors (Lipinski definition) is 1. The van der Waals surface area contributed by atoms with Gasteiger partial charge in [-0.1, -0.05) is 11.6 Å². The molecule has 16 heavy (non-hydrogen) atoms. The predicted molar refractivity (Wildman–Crippen MR) is 64.1 cm³/mol. The number of rotatable bonds is 5. The third-order valence-electron chi connectivity index (χ3n) is 2.30. The number of ether oxygens (including phenoxy) is 2. The summed E-state index contributed by atoms with van der Waals surface area (Å²) < 4.78 is 10.6. The Balaban J connectivity index is 2.78. The lowest BCUT2D eigenvalue weighted by atomic mass is 10.1. The summed E-state index contributed by atoms with van der Waals surface area (Å²) >= 11 is 5.86. The Bertz CT molecular complexity index is 339. The van der Waals surface area contributed by atoms with Crippen LogP contribution < -0.4 is 4.74 Å². The van der Waals surface area contributed by atoms with Gasteiger partial charge in [-0.25, -0.2) is 0 Å². The molecule has 0 amide bonds. The molecule has 0 radical (unpaired) electrons. The van der Waals surface area contributed by atoms with Crippen molar-refractivity contribution in [3.63, 3.8) is 0 Å². The number of benzene rings is 1. The van der Waals surface area contributed by atoms with E-state index < -0.39 is 6.10 Å². The molecule has 0 saturated heterocycles. The highest BCUT2D eigenvalue weighted by Crippen LogP contribution is 2.28. The molecule has 2 unspecified atom stereocenters. The van der Waals surface area contributed by atoms with Gasteiger partial charge in [0.05, 0.1) is 12.2 Å². The molecule has 0 heterocycles. The number of methoxy groups -OCH3 is 1. The third-order valence-corrected chi connectivity index (χ3v) is 2.53. The molecule has 0 bridgehead atoms. The molecule has 1 N–H and O–H groups in total. The molecule has 1 aromatic carbocycles. The van der Waals surface area contributed by atoms with Crippen LogP contribution in [0, 0.1) is 0 Å². The summed E-state index contributed by atoms with van der Waals surface area (Å²) in [5.41, 5.74) is 0.691. The molecule has 1 aromatic rings. The van der Waals surface area contributed by atoms with Crippen LogP contribution >= 0.6 is 11.6 Å². The van der Waals surface area contributed by atoms with Gasteiger partial charge < -0.3 is 14.6 Å². The summed E-state index contributed by atoms with van der Waals surface area (Å²) in [5.74, 6) is 0.642. The maximum absolute atomic E-state index is 9.58. The summed E-state index contributed by atoms with van der Waals surface area (Å²) in [7, 11) is 1.63. The lowest BCUT2D eigenvalue weighted by Crippen LogP contribution is -2.16. The van der Waals surface area contributed by atoms with Crippen LogP contribution in [0.3, 0.4) is 0 Å². The van der Waals surface area contributed by atoms with Crippen LogP contribution in [0.4, 0.5) is 0 Å². The van der Waals surface area contributed by atoms with Gasteiger partial charge in [0, 0.05) is 17.7 Å². The van der Waals surface area contributed by atoms with Crippen LogP contribution in [-0.2, 0) is 4.74 Å². The second kappa shape index (κ2) is 6.09. The molecule has 1 rings (SSSR count). The van der Waals surface area contributed by atoms with Crippen molar-refractivity contribution in [2.75, 3.05) is 13.7 Å². The number of hydrogen-bond acceptors (Lipinski definition) is 3. The van der Waals surface area contributed by atoms with E-state index in [1.165, 1.54) is 0 Å². The molecular formula is C12H17ClO3. The number of halogens is 1. The highest BCUT2D eigenvalue weighted by atomic mass is 35.5. The first kappa shape index (κ1) is 13.3. The van der Waals surface area contributed by atoms with Crippen LogP contribution in [0.2, 0.25) is 5.02 Å². The van der Waals surface area contributed by atoms with Crippen LogP contribution in [0.25, 0.3) is 0 Å². The summed E-state index contributed by atoms with van der Waals surface area (Å²) in [6.45, 7) is 4.04. The predicted octanol–water partition coefficient (Wildman–Crippen LogP) is 2.81. The van der Waals surface area contributed by atoms with E-state index in [0.29, 0.717) is 22.9 Å². The summed E-state index contributed by atoms with van der Waals surface area (Å²) in [4.78, 5) is 0. The maximum Gasteiger partial charge on any atom is 0.125 e. The molecular weight excluding hydrogens is 228 g/mol. The Kier molecular flexibility index (Phi) is 5.06. The van der Waals surface area contributed by atoms with Gasteiger partial charge in [-0.3, -0.25) is 0 Å². The molecule has 90 valence electrons. The monoisotopic (exact) mass is 244 g/mol. The molecule has 0 aliphatic rings. The summed E-state index contributed by atoms with van der Waals surface area (Å²) in [5, 5.41) is 10.2. The molecule has 0 saturated carbocycles. The largest absolute Gasteiger partial charge is 0.491 e. The second-order valence-electron chi connectivity index (χ2n) is 3.72. The van der Waals surface area contributed by atoms with Gasteiger partial charge in [0.2, 0.25) is 0 Å². The highest BCUT2D eigenvalue weighted by molar-refractivity contribution is 6.30. The van der Waals surface area contributed by atoms with Crippen molar-refractivity contribution in [1.82, 2.24) is 0 Å². The lowest BCUT2D eigenvalue weighted by molar-refractivity contribution is 0.0700. The molecule has 3 nitrogen and oxygen atoms in total. The zero-order chi connectivity index (χ0) is 12.1. The second-order valence-corrected chi connectivity index (χ2v) is 4.15. The van der Waals surface area contributed by atoms with Crippen molar-refractivity contribution in [3.05, 3.63) is 28.8 Å². The van der Waals surface area contributed by atoms with Gasteiger partial charge in [0.15, 0.2) is 0 Å². The van der Waals surface area contributed by atoms with Crippen molar-refractivity contribution < 1.29 is 14.6 Å². The average Bonchev–Trinajstić information content (AvgIpc) is 2.26. The van der Waals surface area contributed by atoms with E-state index in [2.05, 4.69) is 0 Å². The van der Waals surface area contributed by atoms with E-state index >= 15 is 0 Å². The topological polar surface area (TPSA) is 38.7 Å². The third kappa shape index (κ3) is 3.67. The maximum atomic E-state index is 9.58. The molecule has 2 atom stereocenters. The molecule has 0 spiro atoms. The van der Waals surface area contributed by atoms with Crippen LogP contribution in [0.15, 0.2) is 18.2 Å². The van der Waals surface area contributed by atoms with Crippen molar-refractivity contribution >= 4 is 11.6 Å². The van der Waals surface area contributed by atoms with Gasteiger partial charge in [-0.15, -0.1) is 0 Å². The van der Waals surface area contributed by atoms with E-state index in [1.807, 2.05) is 6.92 Å². The normalized spacial score (nSPS) is 14.6. The minimum absolute atomic E-state index is 0.0116. The van der Waals surface area contributed by atoms with Crippen molar-refractivity contribution in [2.45, 2.75) is 26.1 Å². The van der Waals surface area contributed by atoms with Gasteiger partial charge in [0.1, 0.15) is 12.4 Å². The van der Waals surface area contributed by atoms with E-state index in [9.17, 15) is 5.11 Å². The standard InChI is InChI=1S/C12H17ClO3/c1-8(15-3)7-16-12-5-4-10(13)6-11(12)9(2)14/h4-6,8-9,14H,7H2,1-3H3. The Hall–Kier alpha value is -0.770. The van der Waals surface area contributed by atoms with Crippen molar-refractivity contribution in [3.8, 4) is 5.75 Å². The molecule has 0 aromatic heterocycles. The van der Waals surface area contributed by atoms with Crippen molar-refractivity contribution in [1.29, 1.82) is 0 Å². The minimum Gasteiger partial charge on any atom is -0.491 e. The van der Waals surface area contributed by atoms with E-state index in [-0.39, 0.29) is 6.10 Å². The van der Waals surface area contributed by atoms with E-state index in [4.69, 9.17) is 21.1 Å². The van der Waals surface area contributed by atoms with Gasteiger partial charge in [0.25, 0.3) is 0 Å². The summed E-state index contributed by atoms with van der Waals surface area (Å²) in [6.07, 6.45) is -0.593. The first-order valence-electron chi connectivity index (χ1n) is 5.17. The Morgan fingerprint density at radius 3 is 2.62 bits per heavy atom. The first-order valence-corrected chi connectivity index (χ1v) is 5.55. The molecule has 0 fully saturated rings. The van der Waals surface area contributed by atoms with Crippen LogP contribution in [-0.4, -0.2) is 24.9 Å². The smallest absolute Gasteiger partial charge is 0.125 e. The van der Waals surface area contributed by atoms with Crippen LogP contribution in [0.5, 0.6) is 5.75 Å². The fourth-order valence-corrected chi connectivity index (χ4v) is 1.43. The Morgan fingerprint density at radius 2 is 2.06 bits per heavy atom. The zero-order valence-electron chi connectivity index (χ0n) is 9.74. The van der Waals surface area contributed by atoms with E-state index in [1.54, 1.807) is 32.2 Å². The van der Waals surface area contributed by atoms with Gasteiger partial charge in [-0.05, 0) is 32.0 Å². The van der Waals surface area contributed by atoms with Crippen LogP contribution in [0.1, 0.15) is 25.5 Å². The van der Waals surface area contributed by atoms with Gasteiger partial charge >= 0.3 is 0 Å². The van der Waals surface area contributed by atoms with E-state index in [0.717, 1.165) is 0 Å². The lowest BCUT2D eigenvalue weighted by Gasteiger charge is -2.16. The number of aliphatic hydroxyl groups is 1. The average molecular weight is 245 g/mol. The quantitative estimate of drug-likeness (QED) is 0.866. The Labute approximate surface area is 101 Å². The molecule has 0 aliphatic heterocycles. The Morgan fingerprint density at radius 1 is 1.38 bits per heavy atom. The highest BCUT2D eigenvalue weighted by Gasteiger charge is 2.11.